The Morgan fingerprint density at radius 2 is 2.11 bits per heavy atom. The topological polar surface area (TPSA) is 35.2 Å². The number of ether oxygens (including phenoxy) is 1. The molecule has 104 valence electrons. The lowest BCUT2D eigenvalue weighted by Gasteiger charge is -2.50. The molecule has 2 atom stereocenters. The van der Waals surface area contributed by atoms with Gasteiger partial charge in [-0.2, -0.15) is 0 Å². The van der Waals surface area contributed by atoms with Crippen molar-refractivity contribution in [2.75, 3.05) is 6.61 Å². The molecule has 1 aromatic carbocycles. The van der Waals surface area contributed by atoms with Crippen molar-refractivity contribution in [3.63, 3.8) is 0 Å². The predicted molar refractivity (Wildman–Crippen MR) is 73.2 cm³/mol. The summed E-state index contributed by atoms with van der Waals surface area (Å²) in [7, 11) is 0. The normalized spacial score (nSPS) is 28.7. The molecule has 0 aromatic heterocycles. The molecule has 2 aliphatic rings. The number of halogens is 1. The van der Waals surface area contributed by atoms with E-state index < -0.39 is 5.54 Å². The first-order valence-electron chi connectivity index (χ1n) is 7.21. The summed E-state index contributed by atoms with van der Waals surface area (Å²) in [5.74, 6) is 0.0973. The van der Waals surface area contributed by atoms with Crippen LogP contribution in [-0.4, -0.2) is 12.2 Å². The highest BCUT2D eigenvalue weighted by molar-refractivity contribution is 5.26. The lowest BCUT2D eigenvalue weighted by atomic mass is 9.66. The Morgan fingerprint density at radius 3 is 2.74 bits per heavy atom. The van der Waals surface area contributed by atoms with Crippen molar-refractivity contribution < 1.29 is 9.13 Å². The third kappa shape index (κ3) is 2.19. The second-order valence-electron chi connectivity index (χ2n) is 6.34. The lowest BCUT2D eigenvalue weighted by molar-refractivity contribution is -0.152. The maximum atomic E-state index is 14.0. The van der Waals surface area contributed by atoms with E-state index in [9.17, 15) is 4.39 Å². The molecule has 3 heteroatoms. The Bertz CT molecular complexity index is 468. The minimum atomic E-state index is -0.613. The summed E-state index contributed by atoms with van der Waals surface area (Å²) >= 11 is 0. The van der Waals surface area contributed by atoms with Crippen molar-refractivity contribution in [2.45, 2.75) is 50.2 Å². The van der Waals surface area contributed by atoms with Crippen molar-refractivity contribution in [3.8, 4) is 0 Å². The van der Waals surface area contributed by atoms with Crippen LogP contribution in [0.2, 0.25) is 0 Å². The summed E-state index contributed by atoms with van der Waals surface area (Å²) < 4.78 is 20.0. The van der Waals surface area contributed by atoms with Crippen LogP contribution in [0.15, 0.2) is 24.3 Å². The van der Waals surface area contributed by atoms with E-state index in [0.29, 0.717) is 11.5 Å². The summed E-state index contributed by atoms with van der Waals surface area (Å²) in [5.41, 5.74) is 6.59. The fourth-order valence-corrected chi connectivity index (χ4v) is 3.58. The molecule has 1 saturated heterocycles. The van der Waals surface area contributed by atoms with Crippen LogP contribution >= 0.6 is 0 Å². The summed E-state index contributed by atoms with van der Waals surface area (Å²) in [6, 6.07) is 6.89. The molecule has 19 heavy (non-hydrogen) atoms. The van der Waals surface area contributed by atoms with E-state index in [4.69, 9.17) is 10.5 Å². The van der Waals surface area contributed by atoms with Gasteiger partial charge in [0.2, 0.25) is 0 Å². The number of benzene rings is 1. The largest absolute Gasteiger partial charge is 0.375 e. The first-order chi connectivity index (χ1) is 9.04. The van der Waals surface area contributed by atoms with Crippen molar-refractivity contribution >= 4 is 0 Å². The van der Waals surface area contributed by atoms with E-state index in [1.807, 2.05) is 19.1 Å². The number of rotatable bonds is 2. The Balaban J connectivity index is 1.85. The van der Waals surface area contributed by atoms with Gasteiger partial charge in [-0.05, 0) is 51.0 Å². The van der Waals surface area contributed by atoms with E-state index in [2.05, 4.69) is 0 Å². The van der Waals surface area contributed by atoms with Crippen LogP contribution in [0.25, 0.3) is 0 Å². The molecule has 1 saturated carbocycles. The third-order valence-corrected chi connectivity index (χ3v) is 5.06. The summed E-state index contributed by atoms with van der Waals surface area (Å²) in [6.45, 7) is 2.72. The van der Waals surface area contributed by atoms with Gasteiger partial charge in [0, 0.05) is 17.7 Å². The van der Waals surface area contributed by atoms with Gasteiger partial charge in [0.1, 0.15) is 5.82 Å². The molecule has 2 N–H and O–H groups in total. The van der Waals surface area contributed by atoms with Crippen LogP contribution in [0.5, 0.6) is 0 Å². The van der Waals surface area contributed by atoms with Crippen LogP contribution in [0, 0.1) is 11.7 Å². The second-order valence-corrected chi connectivity index (χ2v) is 6.34. The summed E-state index contributed by atoms with van der Waals surface area (Å²) in [4.78, 5) is 0. The van der Waals surface area contributed by atoms with E-state index in [-0.39, 0.29) is 11.4 Å². The maximum absolute atomic E-state index is 14.0. The third-order valence-electron chi connectivity index (χ3n) is 5.06. The van der Waals surface area contributed by atoms with Gasteiger partial charge >= 0.3 is 0 Å². The Morgan fingerprint density at radius 1 is 1.37 bits per heavy atom. The highest BCUT2D eigenvalue weighted by Crippen LogP contribution is 2.48. The smallest absolute Gasteiger partial charge is 0.128 e. The molecule has 0 bridgehead atoms. The van der Waals surface area contributed by atoms with Crippen LogP contribution in [0.1, 0.15) is 44.6 Å². The van der Waals surface area contributed by atoms with Gasteiger partial charge in [0.25, 0.3) is 0 Å². The van der Waals surface area contributed by atoms with Gasteiger partial charge in [-0.15, -0.1) is 0 Å². The monoisotopic (exact) mass is 263 g/mol. The molecule has 1 aliphatic heterocycles. The minimum absolute atomic E-state index is 0.0504. The zero-order chi connectivity index (χ0) is 13.5. The van der Waals surface area contributed by atoms with Crippen LogP contribution in [-0.2, 0) is 10.3 Å². The van der Waals surface area contributed by atoms with Crippen molar-refractivity contribution in [2.24, 2.45) is 11.7 Å². The molecule has 1 aromatic rings. The average molecular weight is 263 g/mol. The van der Waals surface area contributed by atoms with Gasteiger partial charge in [-0.25, -0.2) is 4.39 Å². The van der Waals surface area contributed by atoms with Gasteiger partial charge in [0.15, 0.2) is 0 Å². The fraction of sp³-hybridized carbons (Fsp3) is 0.625. The Kier molecular flexibility index (Phi) is 3.14. The highest BCUT2D eigenvalue weighted by atomic mass is 19.1. The summed E-state index contributed by atoms with van der Waals surface area (Å²) in [5, 5.41) is 0. The van der Waals surface area contributed by atoms with Crippen LogP contribution in [0.3, 0.4) is 0 Å². The van der Waals surface area contributed by atoms with Gasteiger partial charge < -0.3 is 10.5 Å². The second kappa shape index (κ2) is 4.57. The van der Waals surface area contributed by atoms with E-state index >= 15 is 0 Å². The molecule has 2 nitrogen and oxygen atoms in total. The number of hydrogen-bond donors (Lipinski definition) is 1. The number of nitrogens with two attached hydrogens (primary N) is 1. The van der Waals surface area contributed by atoms with Crippen LogP contribution in [0.4, 0.5) is 4.39 Å². The first-order valence-corrected chi connectivity index (χ1v) is 7.21. The zero-order valence-electron chi connectivity index (χ0n) is 11.5. The zero-order valence-corrected chi connectivity index (χ0v) is 11.5. The molecule has 1 aliphatic carbocycles. The van der Waals surface area contributed by atoms with E-state index in [0.717, 1.165) is 32.3 Å². The standard InChI is InChI=1S/C16H22FNO/c1-15(18,13-5-2-3-6-14(13)17)12-7-10-19-16(11-12)8-4-9-16/h2-3,5-6,12H,4,7-11,18H2,1H3. The van der Waals surface area contributed by atoms with Gasteiger partial charge in [0.05, 0.1) is 5.60 Å². The van der Waals surface area contributed by atoms with E-state index in [1.54, 1.807) is 6.07 Å². The molecule has 1 heterocycles. The highest BCUT2D eigenvalue weighted by Gasteiger charge is 2.47. The first kappa shape index (κ1) is 13.1. The molecule has 0 amide bonds. The molecular weight excluding hydrogens is 241 g/mol. The molecule has 1 spiro atoms. The van der Waals surface area contributed by atoms with Crippen molar-refractivity contribution in [3.05, 3.63) is 35.6 Å². The van der Waals surface area contributed by atoms with Crippen LogP contribution < -0.4 is 5.73 Å². The predicted octanol–water partition coefficient (Wildman–Crippen LogP) is 3.35. The Hall–Kier alpha value is -0.930. The van der Waals surface area contributed by atoms with E-state index in [1.165, 1.54) is 12.5 Å². The number of hydrogen-bond acceptors (Lipinski definition) is 2. The van der Waals surface area contributed by atoms with Gasteiger partial charge in [-0.3, -0.25) is 0 Å². The van der Waals surface area contributed by atoms with Gasteiger partial charge in [-0.1, -0.05) is 18.2 Å². The molecule has 3 rings (SSSR count). The molecule has 0 radical (unpaired) electrons. The average Bonchev–Trinajstić information content (AvgIpc) is 2.37. The fourth-order valence-electron chi connectivity index (χ4n) is 3.58. The van der Waals surface area contributed by atoms with Crippen molar-refractivity contribution in [1.29, 1.82) is 0 Å². The molecular formula is C16H22FNO. The minimum Gasteiger partial charge on any atom is -0.375 e. The maximum Gasteiger partial charge on any atom is 0.128 e. The summed E-state index contributed by atoms with van der Waals surface area (Å²) in [6.07, 6.45) is 5.40. The Labute approximate surface area is 114 Å². The lowest BCUT2D eigenvalue weighted by Crippen LogP contribution is -2.52. The SMILES string of the molecule is CC(N)(c1ccccc1F)C1CCOC2(CCC2)C1. The van der Waals surface area contributed by atoms with Crippen molar-refractivity contribution in [1.82, 2.24) is 0 Å². The quantitative estimate of drug-likeness (QED) is 0.888. The molecule has 2 fully saturated rings. The molecule has 2 unspecified atom stereocenters.